The molecule has 0 N–H and O–H groups in total. The van der Waals surface area contributed by atoms with Crippen molar-refractivity contribution in [3.63, 3.8) is 0 Å². The van der Waals surface area contributed by atoms with E-state index in [9.17, 15) is 13.2 Å². The average molecular weight is 439 g/mol. The number of hydrogen-bond donors (Lipinski definition) is 0. The van der Waals surface area contributed by atoms with Gasteiger partial charge in [0.1, 0.15) is 11.5 Å². The molecule has 3 aromatic rings. The second-order valence-electron chi connectivity index (χ2n) is 6.89. The largest absolute Gasteiger partial charge is 0.457 e. The molecule has 6 nitrogen and oxygen atoms in total. The Kier molecular flexibility index (Phi) is 7.09. The van der Waals surface area contributed by atoms with Gasteiger partial charge in [-0.05, 0) is 60.7 Å². The number of hydrogen-bond acceptors (Lipinski definition) is 4. The van der Waals surface area contributed by atoms with E-state index < -0.39 is 10.0 Å². The fourth-order valence-corrected chi connectivity index (χ4v) is 4.61. The number of benzene rings is 3. The van der Waals surface area contributed by atoms with Gasteiger partial charge in [-0.15, -0.1) is 0 Å². The standard InChI is InChI=1S/C24H26N2O4S/c1-4-26(5-2)31(28,29)23-17-11-19(12-18-23)24(27)25(3)20-13-15-22(16-14-20)30-21-9-7-6-8-10-21/h6-18H,4-5H2,1-3H3. The Labute approximate surface area is 183 Å². The van der Waals surface area contributed by atoms with Crippen LogP contribution in [0.1, 0.15) is 24.2 Å². The number of rotatable bonds is 8. The van der Waals surface area contributed by atoms with Gasteiger partial charge in [0.15, 0.2) is 0 Å². The molecule has 3 aromatic carbocycles. The van der Waals surface area contributed by atoms with E-state index in [1.807, 2.05) is 30.3 Å². The van der Waals surface area contributed by atoms with Crippen LogP contribution in [0.4, 0.5) is 5.69 Å². The molecule has 0 bridgehead atoms. The number of anilines is 1. The molecule has 0 heterocycles. The van der Waals surface area contributed by atoms with Crippen molar-refractivity contribution in [2.45, 2.75) is 18.7 Å². The fraction of sp³-hybridized carbons (Fsp3) is 0.208. The quantitative estimate of drug-likeness (QED) is 0.507. The molecule has 0 spiro atoms. The van der Waals surface area contributed by atoms with E-state index in [1.54, 1.807) is 57.3 Å². The summed E-state index contributed by atoms with van der Waals surface area (Å²) in [6, 6.07) is 22.7. The maximum absolute atomic E-state index is 12.9. The maximum atomic E-state index is 12.9. The van der Waals surface area contributed by atoms with Crippen molar-refractivity contribution in [3.05, 3.63) is 84.4 Å². The van der Waals surface area contributed by atoms with Crippen LogP contribution in [-0.4, -0.2) is 38.8 Å². The smallest absolute Gasteiger partial charge is 0.258 e. The topological polar surface area (TPSA) is 66.9 Å². The average Bonchev–Trinajstić information content (AvgIpc) is 2.80. The van der Waals surface area contributed by atoms with E-state index in [0.29, 0.717) is 30.1 Å². The third kappa shape index (κ3) is 5.13. The number of para-hydroxylation sites is 1. The molecule has 162 valence electrons. The summed E-state index contributed by atoms with van der Waals surface area (Å²) in [7, 11) is -1.88. The highest BCUT2D eigenvalue weighted by Gasteiger charge is 2.22. The normalized spacial score (nSPS) is 11.4. The van der Waals surface area contributed by atoms with Crippen molar-refractivity contribution < 1.29 is 17.9 Å². The first-order valence-corrected chi connectivity index (χ1v) is 11.5. The Bertz CT molecular complexity index is 1110. The third-order valence-electron chi connectivity index (χ3n) is 4.95. The van der Waals surface area contributed by atoms with Crippen molar-refractivity contribution in [3.8, 4) is 11.5 Å². The number of nitrogens with zero attached hydrogens (tertiary/aromatic N) is 2. The molecule has 1 amide bonds. The van der Waals surface area contributed by atoms with Crippen LogP contribution >= 0.6 is 0 Å². The van der Waals surface area contributed by atoms with Crippen LogP contribution in [0, 0.1) is 0 Å². The van der Waals surface area contributed by atoms with Crippen LogP contribution < -0.4 is 9.64 Å². The molecular weight excluding hydrogens is 412 g/mol. The second kappa shape index (κ2) is 9.76. The Morgan fingerprint density at radius 3 is 1.90 bits per heavy atom. The number of sulfonamides is 1. The summed E-state index contributed by atoms with van der Waals surface area (Å²) in [6.07, 6.45) is 0. The van der Waals surface area contributed by atoms with E-state index in [2.05, 4.69) is 0 Å². The van der Waals surface area contributed by atoms with Crippen LogP contribution in [0.15, 0.2) is 83.8 Å². The fourth-order valence-electron chi connectivity index (χ4n) is 3.16. The van der Waals surface area contributed by atoms with Gasteiger partial charge in [-0.1, -0.05) is 32.0 Å². The molecule has 0 radical (unpaired) electrons. The first-order chi connectivity index (χ1) is 14.9. The lowest BCUT2D eigenvalue weighted by Gasteiger charge is -2.20. The summed E-state index contributed by atoms with van der Waals surface area (Å²) in [4.78, 5) is 14.6. The molecule has 0 fully saturated rings. The van der Waals surface area contributed by atoms with Gasteiger partial charge in [-0.3, -0.25) is 4.79 Å². The molecule has 0 aliphatic carbocycles. The first-order valence-electron chi connectivity index (χ1n) is 10.1. The van der Waals surface area contributed by atoms with E-state index in [1.165, 1.54) is 21.3 Å². The summed E-state index contributed by atoms with van der Waals surface area (Å²) < 4.78 is 32.4. The lowest BCUT2D eigenvalue weighted by atomic mass is 10.2. The number of carbonyl (C=O) groups is 1. The Morgan fingerprint density at radius 1 is 0.806 bits per heavy atom. The third-order valence-corrected chi connectivity index (χ3v) is 7.02. The van der Waals surface area contributed by atoms with Gasteiger partial charge in [-0.25, -0.2) is 8.42 Å². The highest BCUT2D eigenvalue weighted by Crippen LogP contribution is 2.25. The molecule has 31 heavy (non-hydrogen) atoms. The van der Waals surface area contributed by atoms with Crippen LogP contribution in [0.5, 0.6) is 11.5 Å². The molecule has 3 rings (SSSR count). The molecule has 0 unspecified atom stereocenters. The number of amides is 1. The van der Waals surface area contributed by atoms with Gasteiger partial charge in [0, 0.05) is 31.4 Å². The molecule has 0 aliphatic rings. The number of ether oxygens (including phenoxy) is 1. The first kappa shape index (κ1) is 22.5. The van der Waals surface area contributed by atoms with Crippen molar-refractivity contribution in [2.24, 2.45) is 0 Å². The van der Waals surface area contributed by atoms with Crippen LogP contribution in [-0.2, 0) is 10.0 Å². The van der Waals surface area contributed by atoms with Gasteiger partial charge < -0.3 is 9.64 Å². The summed E-state index contributed by atoms with van der Waals surface area (Å²) >= 11 is 0. The molecule has 0 saturated heterocycles. The van der Waals surface area contributed by atoms with Crippen LogP contribution in [0.2, 0.25) is 0 Å². The van der Waals surface area contributed by atoms with E-state index >= 15 is 0 Å². The molecule has 7 heteroatoms. The minimum absolute atomic E-state index is 0.179. The van der Waals surface area contributed by atoms with E-state index in [4.69, 9.17) is 4.74 Å². The highest BCUT2D eigenvalue weighted by atomic mass is 32.2. The zero-order valence-electron chi connectivity index (χ0n) is 17.9. The van der Waals surface area contributed by atoms with Gasteiger partial charge in [0.2, 0.25) is 10.0 Å². The summed E-state index contributed by atoms with van der Waals surface area (Å²) in [5.74, 6) is 1.17. The summed E-state index contributed by atoms with van der Waals surface area (Å²) in [5, 5.41) is 0. The highest BCUT2D eigenvalue weighted by molar-refractivity contribution is 7.89. The molecule has 0 aromatic heterocycles. The lowest BCUT2D eigenvalue weighted by Crippen LogP contribution is -2.30. The van der Waals surface area contributed by atoms with Crippen LogP contribution in [0.25, 0.3) is 0 Å². The zero-order chi connectivity index (χ0) is 22.4. The minimum Gasteiger partial charge on any atom is -0.457 e. The Balaban J connectivity index is 1.72. The second-order valence-corrected chi connectivity index (χ2v) is 8.82. The van der Waals surface area contributed by atoms with Crippen molar-refractivity contribution in [2.75, 3.05) is 25.0 Å². The van der Waals surface area contributed by atoms with Crippen LogP contribution in [0.3, 0.4) is 0 Å². The maximum Gasteiger partial charge on any atom is 0.258 e. The van der Waals surface area contributed by atoms with Crippen molar-refractivity contribution in [1.82, 2.24) is 4.31 Å². The van der Waals surface area contributed by atoms with E-state index in [-0.39, 0.29) is 10.8 Å². The summed E-state index contributed by atoms with van der Waals surface area (Å²) in [5.41, 5.74) is 1.11. The van der Waals surface area contributed by atoms with Gasteiger partial charge in [0.25, 0.3) is 5.91 Å². The predicted molar refractivity (Wildman–Crippen MR) is 122 cm³/mol. The SMILES string of the molecule is CCN(CC)S(=O)(=O)c1ccc(C(=O)N(C)c2ccc(Oc3ccccc3)cc2)cc1. The lowest BCUT2D eigenvalue weighted by molar-refractivity contribution is 0.0993. The molecule has 0 atom stereocenters. The monoisotopic (exact) mass is 438 g/mol. The zero-order valence-corrected chi connectivity index (χ0v) is 18.7. The van der Waals surface area contributed by atoms with Gasteiger partial charge in [-0.2, -0.15) is 4.31 Å². The Hall–Kier alpha value is -3.16. The van der Waals surface area contributed by atoms with Crippen molar-refractivity contribution in [1.29, 1.82) is 0 Å². The Morgan fingerprint density at radius 2 is 1.35 bits per heavy atom. The van der Waals surface area contributed by atoms with Gasteiger partial charge in [0.05, 0.1) is 4.90 Å². The van der Waals surface area contributed by atoms with Gasteiger partial charge >= 0.3 is 0 Å². The number of carbonyl (C=O) groups excluding carboxylic acids is 1. The van der Waals surface area contributed by atoms with Crippen molar-refractivity contribution >= 4 is 21.6 Å². The molecule has 0 saturated carbocycles. The molecule has 0 aliphatic heterocycles. The minimum atomic E-state index is -3.55. The molecular formula is C24H26N2O4S. The van der Waals surface area contributed by atoms with E-state index in [0.717, 1.165) is 5.75 Å². The predicted octanol–water partition coefficient (Wildman–Crippen LogP) is 4.79. The summed E-state index contributed by atoms with van der Waals surface area (Å²) in [6.45, 7) is 4.38.